The third-order valence-electron chi connectivity index (χ3n) is 4.95. The third-order valence-corrected chi connectivity index (χ3v) is 6.39. The summed E-state index contributed by atoms with van der Waals surface area (Å²) in [4.78, 5) is 2.32. The summed E-state index contributed by atoms with van der Waals surface area (Å²) in [5, 5.41) is 0. The van der Waals surface area contributed by atoms with Gasteiger partial charge in [-0.05, 0) is 67.9 Å². The molecule has 1 atom stereocenters. The first-order chi connectivity index (χ1) is 13.0. The second kappa shape index (κ2) is 7.46. The fourth-order valence-corrected chi connectivity index (χ4v) is 4.56. The van der Waals surface area contributed by atoms with Gasteiger partial charge in [0.2, 0.25) is 16.8 Å². The van der Waals surface area contributed by atoms with Gasteiger partial charge >= 0.3 is 0 Å². The Morgan fingerprint density at radius 3 is 2.48 bits per heavy atom. The van der Waals surface area contributed by atoms with Crippen LogP contribution in [0.15, 0.2) is 47.4 Å². The van der Waals surface area contributed by atoms with Gasteiger partial charge in [0, 0.05) is 12.6 Å². The fraction of sp³-hybridized carbons (Fsp3) is 0.368. The van der Waals surface area contributed by atoms with Crippen molar-refractivity contribution < 1.29 is 22.3 Å². The van der Waals surface area contributed by atoms with Crippen LogP contribution in [-0.2, 0) is 10.0 Å². The molecule has 2 aromatic rings. The molecule has 27 heavy (non-hydrogen) atoms. The molecule has 0 amide bonds. The van der Waals surface area contributed by atoms with E-state index < -0.39 is 15.8 Å². The summed E-state index contributed by atoms with van der Waals surface area (Å²) >= 11 is 0. The van der Waals surface area contributed by atoms with Gasteiger partial charge in [-0.15, -0.1) is 0 Å². The first kappa shape index (κ1) is 18.2. The maximum Gasteiger partial charge on any atom is 0.240 e. The van der Waals surface area contributed by atoms with Crippen LogP contribution in [0.3, 0.4) is 0 Å². The zero-order chi connectivity index (χ0) is 18.9. The molecule has 2 aliphatic heterocycles. The minimum absolute atomic E-state index is 0.0507. The Morgan fingerprint density at radius 1 is 1.04 bits per heavy atom. The van der Waals surface area contributed by atoms with E-state index in [0.29, 0.717) is 11.5 Å². The topological polar surface area (TPSA) is 67.9 Å². The maximum absolute atomic E-state index is 13.1. The number of nitrogens with zero attached hydrogens (tertiary/aromatic N) is 1. The van der Waals surface area contributed by atoms with E-state index in [9.17, 15) is 12.8 Å². The van der Waals surface area contributed by atoms with E-state index in [0.717, 1.165) is 43.6 Å². The number of halogens is 1. The molecule has 1 N–H and O–H groups in total. The van der Waals surface area contributed by atoms with E-state index in [-0.39, 0.29) is 24.3 Å². The second-order valence-electron chi connectivity index (χ2n) is 6.68. The van der Waals surface area contributed by atoms with E-state index in [1.54, 1.807) is 0 Å². The maximum atomic E-state index is 13.1. The summed E-state index contributed by atoms with van der Waals surface area (Å²) in [6.45, 7) is 2.25. The van der Waals surface area contributed by atoms with E-state index in [4.69, 9.17) is 9.47 Å². The van der Waals surface area contributed by atoms with Gasteiger partial charge in [-0.2, -0.15) is 0 Å². The van der Waals surface area contributed by atoms with Crippen molar-refractivity contribution in [3.05, 3.63) is 53.8 Å². The molecule has 6 nitrogen and oxygen atoms in total. The standard InChI is InChI=1S/C19H21FN2O4S/c20-15-4-6-16(7-5-15)27(23,24)21-12-17(22-9-1-2-10-22)14-3-8-18-19(11-14)26-13-25-18/h3-8,11,17,21H,1-2,9-10,12-13H2. The molecule has 0 saturated carbocycles. The number of fused-ring (bicyclic) bond motifs is 1. The predicted octanol–water partition coefficient (Wildman–Crippen LogP) is 2.67. The van der Waals surface area contributed by atoms with E-state index in [1.165, 1.54) is 12.1 Å². The smallest absolute Gasteiger partial charge is 0.240 e. The minimum atomic E-state index is -3.72. The molecular formula is C19H21FN2O4S. The van der Waals surface area contributed by atoms with E-state index in [2.05, 4.69) is 9.62 Å². The highest BCUT2D eigenvalue weighted by Gasteiger charge is 2.27. The van der Waals surface area contributed by atoms with Crippen molar-refractivity contribution in [3.8, 4) is 11.5 Å². The number of nitrogens with one attached hydrogen (secondary N) is 1. The molecule has 1 fully saturated rings. The Labute approximate surface area is 157 Å². The lowest BCUT2D eigenvalue weighted by Crippen LogP contribution is -2.36. The average molecular weight is 392 g/mol. The number of benzene rings is 2. The van der Waals surface area contributed by atoms with Crippen LogP contribution in [0.25, 0.3) is 0 Å². The Balaban J connectivity index is 1.55. The molecule has 0 spiro atoms. The molecule has 0 radical (unpaired) electrons. The lowest BCUT2D eigenvalue weighted by molar-refractivity contribution is 0.173. The Hall–Kier alpha value is -2.16. The van der Waals surface area contributed by atoms with Crippen molar-refractivity contribution in [2.75, 3.05) is 26.4 Å². The first-order valence-corrected chi connectivity index (χ1v) is 10.4. The summed E-state index contributed by atoms with van der Waals surface area (Å²) in [7, 11) is -3.72. The molecule has 2 aromatic carbocycles. The molecule has 144 valence electrons. The van der Waals surface area contributed by atoms with Crippen LogP contribution in [0, 0.1) is 5.82 Å². The number of rotatable bonds is 6. The highest BCUT2D eigenvalue weighted by Crippen LogP contribution is 2.36. The van der Waals surface area contributed by atoms with Gasteiger partial charge in [-0.1, -0.05) is 6.07 Å². The van der Waals surface area contributed by atoms with Crippen molar-refractivity contribution in [2.24, 2.45) is 0 Å². The van der Waals surface area contributed by atoms with Crippen molar-refractivity contribution >= 4 is 10.0 Å². The van der Waals surface area contributed by atoms with Gasteiger partial charge in [0.1, 0.15) is 5.82 Å². The fourth-order valence-electron chi connectivity index (χ4n) is 3.52. The van der Waals surface area contributed by atoms with Crippen LogP contribution in [0.1, 0.15) is 24.4 Å². The van der Waals surface area contributed by atoms with Gasteiger partial charge in [-0.3, -0.25) is 4.90 Å². The normalized spacial score (nSPS) is 18.0. The molecule has 1 saturated heterocycles. The number of likely N-dealkylation sites (tertiary alicyclic amines) is 1. The van der Waals surface area contributed by atoms with Gasteiger partial charge < -0.3 is 9.47 Å². The molecule has 4 rings (SSSR count). The van der Waals surface area contributed by atoms with Gasteiger partial charge in [0.15, 0.2) is 11.5 Å². The quantitative estimate of drug-likeness (QED) is 0.819. The summed E-state index contributed by atoms with van der Waals surface area (Å²) in [6.07, 6.45) is 2.18. The number of sulfonamides is 1. The highest BCUT2D eigenvalue weighted by molar-refractivity contribution is 7.89. The van der Waals surface area contributed by atoms with Gasteiger partial charge in [0.05, 0.1) is 4.90 Å². The average Bonchev–Trinajstić information content (AvgIpc) is 3.33. The van der Waals surface area contributed by atoms with Crippen LogP contribution in [0.2, 0.25) is 0 Å². The van der Waals surface area contributed by atoms with Crippen molar-refractivity contribution in [3.63, 3.8) is 0 Å². The summed E-state index contributed by atoms with van der Waals surface area (Å²) in [5.74, 6) is 0.910. The van der Waals surface area contributed by atoms with Crippen LogP contribution >= 0.6 is 0 Å². The lowest BCUT2D eigenvalue weighted by Gasteiger charge is -2.28. The summed E-state index contributed by atoms with van der Waals surface area (Å²) in [6, 6.07) is 10.4. The number of hydrogen-bond donors (Lipinski definition) is 1. The largest absolute Gasteiger partial charge is 0.454 e. The SMILES string of the molecule is O=S(=O)(NCC(c1ccc2c(c1)OCO2)N1CCCC1)c1ccc(F)cc1. The molecule has 1 unspecified atom stereocenters. The third kappa shape index (κ3) is 3.92. The predicted molar refractivity (Wildman–Crippen MR) is 97.7 cm³/mol. The van der Waals surface area contributed by atoms with Crippen molar-refractivity contribution in [1.82, 2.24) is 9.62 Å². The second-order valence-corrected chi connectivity index (χ2v) is 8.44. The lowest BCUT2D eigenvalue weighted by atomic mass is 10.1. The van der Waals surface area contributed by atoms with Gasteiger partial charge in [-0.25, -0.2) is 17.5 Å². The molecule has 2 aliphatic rings. The van der Waals surface area contributed by atoms with Crippen LogP contribution in [-0.4, -0.2) is 39.7 Å². The minimum Gasteiger partial charge on any atom is -0.454 e. The van der Waals surface area contributed by atoms with Crippen molar-refractivity contribution in [2.45, 2.75) is 23.8 Å². The molecule has 0 aromatic heterocycles. The molecule has 0 bridgehead atoms. The highest BCUT2D eigenvalue weighted by atomic mass is 32.2. The van der Waals surface area contributed by atoms with Crippen LogP contribution in [0.5, 0.6) is 11.5 Å². The van der Waals surface area contributed by atoms with Crippen molar-refractivity contribution in [1.29, 1.82) is 0 Å². The molecule has 0 aliphatic carbocycles. The molecular weight excluding hydrogens is 371 g/mol. The Kier molecular flexibility index (Phi) is 5.03. The van der Waals surface area contributed by atoms with Gasteiger partial charge in [0.25, 0.3) is 0 Å². The molecule has 2 heterocycles. The van der Waals surface area contributed by atoms with E-state index in [1.807, 2.05) is 18.2 Å². The molecule has 8 heteroatoms. The van der Waals surface area contributed by atoms with E-state index >= 15 is 0 Å². The van der Waals surface area contributed by atoms with Crippen LogP contribution in [0.4, 0.5) is 4.39 Å². The zero-order valence-electron chi connectivity index (χ0n) is 14.7. The Morgan fingerprint density at radius 2 is 1.74 bits per heavy atom. The summed E-state index contributed by atoms with van der Waals surface area (Å²) in [5.41, 5.74) is 0.975. The zero-order valence-corrected chi connectivity index (χ0v) is 15.5. The summed E-state index contributed by atoms with van der Waals surface area (Å²) < 4.78 is 51.7. The first-order valence-electron chi connectivity index (χ1n) is 8.92. The monoisotopic (exact) mass is 392 g/mol. The Bertz CT molecular complexity index is 912. The number of hydrogen-bond acceptors (Lipinski definition) is 5. The van der Waals surface area contributed by atoms with Crippen LogP contribution < -0.4 is 14.2 Å². The number of ether oxygens (including phenoxy) is 2.